The SMILES string of the molecule is Cn1c(SCc2ccccc2)nnc1[C@H]1CCCN(CC(=O)Nc2ccc3c(c2)CCC3)C1. The Balaban J connectivity index is 1.17. The van der Waals surface area contributed by atoms with Crippen molar-refractivity contribution in [2.24, 2.45) is 7.05 Å². The molecular formula is C26H31N5OS. The summed E-state index contributed by atoms with van der Waals surface area (Å²) in [5.41, 5.74) is 5.01. The molecule has 0 saturated carbocycles. The minimum atomic E-state index is 0.0608. The Morgan fingerprint density at radius 3 is 2.82 bits per heavy atom. The number of carbonyl (C=O) groups is 1. The van der Waals surface area contributed by atoms with Crippen molar-refractivity contribution in [3.05, 3.63) is 71.0 Å². The van der Waals surface area contributed by atoms with Crippen molar-refractivity contribution in [3.8, 4) is 0 Å². The van der Waals surface area contributed by atoms with Gasteiger partial charge in [0.1, 0.15) is 5.82 Å². The second kappa shape index (κ2) is 10.1. The average Bonchev–Trinajstić information content (AvgIpc) is 3.44. The molecule has 3 aromatic rings. The van der Waals surface area contributed by atoms with Gasteiger partial charge in [-0.05, 0) is 67.5 Å². The van der Waals surface area contributed by atoms with Crippen LogP contribution in [0.15, 0.2) is 53.7 Å². The number of hydrogen-bond donors (Lipinski definition) is 1. The fourth-order valence-corrected chi connectivity index (χ4v) is 5.87. The maximum absolute atomic E-state index is 12.7. The van der Waals surface area contributed by atoms with Crippen LogP contribution >= 0.6 is 11.8 Å². The van der Waals surface area contributed by atoms with Crippen LogP contribution in [-0.4, -0.2) is 45.2 Å². The third-order valence-corrected chi connectivity index (χ3v) is 7.79. The van der Waals surface area contributed by atoms with E-state index in [0.29, 0.717) is 12.5 Å². The van der Waals surface area contributed by atoms with Crippen LogP contribution in [0.2, 0.25) is 0 Å². The van der Waals surface area contributed by atoms with E-state index in [0.717, 1.165) is 61.2 Å². The smallest absolute Gasteiger partial charge is 0.238 e. The van der Waals surface area contributed by atoms with Gasteiger partial charge in [0.2, 0.25) is 5.91 Å². The molecule has 2 aliphatic rings. The van der Waals surface area contributed by atoms with Crippen LogP contribution in [0.4, 0.5) is 5.69 Å². The number of anilines is 1. The molecule has 2 heterocycles. The molecule has 5 rings (SSSR count). The van der Waals surface area contributed by atoms with Gasteiger partial charge in [0.25, 0.3) is 0 Å². The fourth-order valence-electron chi connectivity index (χ4n) is 4.99. The number of nitrogens with one attached hydrogen (secondary N) is 1. The van der Waals surface area contributed by atoms with Gasteiger partial charge in [-0.25, -0.2) is 0 Å². The number of piperidine rings is 1. The summed E-state index contributed by atoms with van der Waals surface area (Å²) >= 11 is 1.72. The topological polar surface area (TPSA) is 63.1 Å². The number of aryl methyl sites for hydroxylation is 2. The largest absolute Gasteiger partial charge is 0.325 e. The first-order chi connectivity index (χ1) is 16.2. The Bertz CT molecular complexity index is 1110. The Kier molecular flexibility index (Phi) is 6.78. The van der Waals surface area contributed by atoms with Crippen molar-refractivity contribution in [1.82, 2.24) is 19.7 Å². The first-order valence-electron chi connectivity index (χ1n) is 11.9. The van der Waals surface area contributed by atoms with Gasteiger partial charge in [0.05, 0.1) is 6.54 Å². The van der Waals surface area contributed by atoms with Crippen LogP contribution in [0.5, 0.6) is 0 Å². The van der Waals surface area contributed by atoms with Crippen molar-refractivity contribution < 1.29 is 4.79 Å². The first kappa shape index (κ1) is 22.2. The predicted octanol–water partition coefficient (Wildman–Crippen LogP) is 4.41. The number of nitrogens with zero attached hydrogens (tertiary/aromatic N) is 4. The van der Waals surface area contributed by atoms with Gasteiger partial charge in [-0.15, -0.1) is 10.2 Å². The van der Waals surface area contributed by atoms with Crippen LogP contribution in [0.25, 0.3) is 0 Å². The summed E-state index contributed by atoms with van der Waals surface area (Å²) in [5, 5.41) is 13.0. The lowest BCUT2D eigenvalue weighted by Gasteiger charge is -2.31. The number of likely N-dealkylation sites (tertiary alicyclic amines) is 1. The molecule has 1 aliphatic carbocycles. The zero-order chi connectivity index (χ0) is 22.6. The van der Waals surface area contributed by atoms with Gasteiger partial charge in [0.15, 0.2) is 5.16 Å². The second-order valence-corrected chi connectivity index (χ2v) is 10.1. The predicted molar refractivity (Wildman–Crippen MR) is 133 cm³/mol. The van der Waals surface area contributed by atoms with E-state index in [1.54, 1.807) is 11.8 Å². The summed E-state index contributed by atoms with van der Waals surface area (Å²) < 4.78 is 2.13. The van der Waals surface area contributed by atoms with Gasteiger partial charge in [-0.2, -0.15) is 0 Å². The molecule has 172 valence electrons. The molecule has 1 atom stereocenters. The summed E-state index contributed by atoms with van der Waals surface area (Å²) in [6, 6.07) is 16.8. The van der Waals surface area contributed by atoms with Gasteiger partial charge < -0.3 is 9.88 Å². The minimum Gasteiger partial charge on any atom is -0.325 e. The van der Waals surface area contributed by atoms with Crippen molar-refractivity contribution in [1.29, 1.82) is 0 Å². The van der Waals surface area contributed by atoms with Gasteiger partial charge in [-0.1, -0.05) is 48.2 Å². The molecule has 33 heavy (non-hydrogen) atoms. The van der Waals surface area contributed by atoms with Crippen LogP contribution in [0.1, 0.15) is 47.7 Å². The maximum atomic E-state index is 12.7. The number of fused-ring (bicyclic) bond motifs is 1. The maximum Gasteiger partial charge on any atom is 0.238 e. The minimum absolute atomic E-state index is 0.0608. The quantitative estimate of drug-likeness (QED) is 0.528. The molecular weight excluding hydrogens is 430 g/mol. The lowest BCUT2D eigenvalue weighted by molar-refractivity contribution is -0.117. The van der Waals surface area contributed by atoms with Gasteiger partial charge >= 0.3 is 0 Å². The highest BCUT2D eigenvalue weighted by molar-refractivity contribution is 7.98. The highest BCUT2D eigenvalue weighted by Gasteiger charge is 2.27. The highest BCUT2D eigenvalue weighted by atomic mass is 32.2. The Labute approximate surface area is 199 Å². The summed E-state index contributed by atoms with van der Waals surface area (Å²) in [5.74, 6) is 2.27. The van der Waals surface area contributed by atoms with Crippen LogP contribution < -0.4 is 5.32 Å². The molecule has 0 bridgehead atoms. The van der Waals surface area contributed by atoms with Gasteiger partial charge in [0, 0.05) is 31.0 Å². The first-order valence-corrected chi connectivity index (χ1v) is 12.8. The number of aromatic nitrogens is 3. The molecule has 7 heteroatoms. The Hall–Kier alpha value is -2.64. The lowest BCUT2D eigenvalue weighted by Crippen LogP contribution is -2.40. The van der Waals surface area contributed by atoms with E-state index in [1.165, 1.54) is 23.1 Å². The van der Waals surface area contributed by atoms with E-state index in [1.807, 2.05) is 12.1 Å². The van der Waals surface area contributed by atoms with E-state index in [2.05, 4.69) is 68.4 Å². The third kappa shape index (κ3) is 5.31. The summed E-state index contributed by atoms with van der Waals surface area (Å²) in [6.07, 6.45) is 5.65. The number of amides is 1. The fraction of sp³-hybridized carbons (Fsp3) is 0.423. The normalized spacial score (nSPS) is 18.3. The van der Waals surface area contributed by atoms with Crippen molar-refractivity contribution in [2.75, 3.05) is 25.0 Å². The third-order valence-electron chi connectivity index (χ3n) is 6.70. The van der Waals surface area contributed by atoms with Crippen LogP contribution in [0.3, 0.4) is 0 Å². The molecule has 0 spiro atoms. The van der Waals surface area contributed by atoms with E-state index in [4.69, 9.17) is 0 Å². The molecule has 0 unspecified atom stereocenters. The van der Waals surface area contributed by atoms with E-state index < -0.39 is 0 Å². The second-order valence-electron chi connectivity index (χ2n) is 9.13. The lowest BCUT2D eigenvalue weighted by atomic mass is 9.97. The molecule has 2 aromatic carbocycles. The number of benzene rings is 2. The molecule has 1 N–H and O–H groups in total. The summed E-state index contributed by atoms with van der Waals surface area (Å²) in [4.78, 5) is 15.0. The van der Waals surface area contributed by atoms with E-state index in [-0.39, 0.29) is 5.91 Å². The van der Waals surface area contributed by atoms with E-state index >= 15 is 0 Å². The zero-order valence-corrected chi connectivity index (χ0v) is 20.0. The highest BCUT2D eigenvalue weighted by Crippen LogP contribution is 2.29. The molecule has 1 fully saturated rings. The summed E-state index contributed by atoms with van der Waals surface area (Å²) in [7, 11) is 2.06. The zero-order valence-electron chi connectivity index (χ0n) is 19.2. The molecule has 1 aromatic heterocycles. The van der Waals surface area contributed by atoms with E-state index in [9.17, 15) is 4.79 Å². The molecule has 0 radical (unpaired) electrons. The van der Waals surface area contributed by atoms with Crippen LogP contribution in [0, 0.1) is 0 Å². The average molecular weight is 462 g/mol. The number of hydrogen-bond acceptors (Lipinski definition) is 5. The van der Waals surface area contributed by atoms with Crippen LogP contribution in [-0.2, 0) is 30.4 Å². The van der Waals surface area contributed by atoms with Crippen molar-refractivity contribution >= 4 is 23.4 Å². The molecule has 1 amide bonds. The molecule has 6 nitrogen and oxygen atoms in total. The van der Waals surface area contributed by atoms with Gasteiger partial charge in [-0.3, -0.25) is 9.69 Å². The Morgan fingerprint density at radius 2 is 1.94 bits per heavy atom. The Morgan fingerprint density at radius 1 is 1.09 bits per heavy atom. The van der Waals surface area contributed by atoms with Crippen molar-refractivity contribution in [3.63, 3.8) is 0 Å². The number of thioether (sulfide) groups is 1. The van der Waals surface area contributed by atoms with Crippen molar-refractivity contribution in [2.45, 2.75) is 48.9 Å². The number of carbonyl (C=O) groups excluding carboxylic acids is 1. The standard InChI is InChI=1S/C26H31N5OS/c1-30-25(28-29-26(30)33-18-19-7-3-2-4-8-19)22-11-6-14-31(16-22)17-24(32)27-23-13-12-20-9-5-10-21(20)15-23/h2-4,7-8,12-13,15,22H,5-6,9-11,14,16-18H2,1H3,(H,27,32)/t22-/m0/s1. The molecule has 1 saturated heterocycles. The number of rotatable bonds is 7. The summed E-state index contributed by atoms with van der Waals surface area (Å²) in [6.45, 7) is 2.20. The monoisotopic (exact) mass is 461 g/mol. The molecule has 1 aliphatic heterocycles.